The van der Waals surface area contributed by atoms with E-state index in [4.69, 9.17) is 10.8 Å². The lowest BCUT2D eigenvalue weighted by Crippen LogP contribution is -2.55. The molecule has 0 bridgehead atoms. The third kappa shape index (κ3) is 4.51. The van der Waals surface area contributed by atoms with Gasteiger partial charge in [-0.15, -0.1) is 0 Å². The number of hydrogen-bond donors (Lipinski definition) is 3. The minimum atomic E-state index is -4.64. The van der Waals surface area contributed by atoms with Crippen molar-refractivity contribution in [1.29, 1.82) is 0 Å². The molecule has 9 nitrogen and oxygen atoms in total. The summed E-state index contributed by atoms with van der Waals surface area (Å²) in [6, 6.07) is 0.462. The van der Waals surface area contributed by atoms with Crippen LogP contribution in [-0.2, 0) is 11.0 Å². The lowest BCUT2D eigenvalue weighted by Gasteiger charge is -2.41. The summed E-state index contributed by atoms with van der Waals surface area (Å²) >= 11 is 0. The van der Waals surface area contributed by atoms with E-state index in [0.717, 1.165) is 0 Å². The molecule has 29 heavy (non-hydrogen) atoms. The van der Waals surface area contributed by atoms with Crippen LogP contribution in [0, 0.1) is 5.92 Å². The van der Waals surface area contributed by atoms with Crippen molar-refractivity contribution in [2.45, 2.75) is 25.1 Å². The molecule has 3 amide bonds. The van der Waals surface area contributed by atoms with E-state index < -0.39 is 23.7 Å². The second-order valence-corrected chi connectivity index (χ2v) is 7.08. The number of nitrogens with one attached hydrogen (secondary N) is 1. The maximum atomic E-state index is 12.9. The summed E-state index contributed by atoms with van der Waals surface area (Å²) < 4.78 is 38.6. The first-order chi connectivity index (χ1) is 13.6. The van der Waals surface area contributed by atoms with Gasteiger partial charge in [-0.05, 0) is 18.9 Å². The number of piperazine rings is 1. The molecule has 2 heterocycles. The smallest absolute Gasteiger partial charge is 0.417 e. The number of nitrogens with two attached hydrogens (primary N) is 1. The average molecular weight is 415 g/mol. The molecule has 2 fully saturated rings. The second kappa shape index (κ2) is 7.76. The van der Waals surface area contributed by atoms with E-state index in [1.807, 2.05) is 0 Å². The molecule has 3 rings (SSSR count). The van der Waals surface area contributed by atoms with E-state index in [1.165, 1.54) is 0 Å². The lowest BCUT2D eigenvalue weighted by atomic mass is 9.79. The number of aromatic nitrogens is 1. The SMILES string of the molecule is NC(=O)c1cc(C(F)(F)F)cnc1N1CCN(C(=O)C2CC(NC(=O)O)C2)CC1. The summed E-state index contributed by atoms with van der Waals surface area (Å²) in [6.45, 7) is 1.20. The Morgan fingerprint density at radius 3 is 2.31 bits per heavy atom. The molecule has 12 heteroatoms. The van der Waals surface area contributed by atoms with Crippen molar-refractivity contribution in [3.05, 3.63) is 23.4 Å². The number of carboxylic acid groups (broad SMARTS) is 1. The zero-order valence-corrected chi connectivity index (χ0v) is 15.3. The van der Waals surface area contributed by atoms with Crippen molar-refractivity contribution in [3.8, 4) is 0 Å². The van der Waals surface area contributed by atoms with Crippen LogP contribution in [0.2, 0.25) is 0 Å². The second-order valence-electron chi connectivity index (χ2n) is 7.08. The third-order valence-corrected chi connectivity index (χ3v) is 5.17. The molecule has 0 aromatic carbocycles. The number of rotatable bonds is 4. The van der Waals surface area contributed by atoms with E-state index >= 15 is 0 Å². The van der Waals surface area contributed by atoms with Crippen molar-refractivity contribution < 1.29 is 32.7 Å². The van der Waals surface area contributed by atoms with E-state index in [9.17, 15) is 27.6 Å². The highest BCUT2D eigenvalue weighted by molar-refractivity contribution is 5.98. The van der Waals surface area contributed by atoms with Crippen molar-refractivity contribution in [3.63, 3.8) is 0 Å². The predicted molar refractivity (Wildman–Crippen MR) is 94.2 cm³/mol. The number of primary amides is 1. The van der Waals surface area contributed by atoms with Crippen LogP contribution in [0.5, 0.6) is 0 Å². The maximum absolute atomic E-state index is 12.9. The van der Waals surface area contributed by atoms with Gasteiger partial charge in [0.05, 0.1) is 11.1 Å². The molecule has 1 saturated heterocycles. The normalized spacial score (nSPS) is 22.0. The van der Waals surface area contributed by atoms with Crippen LogP contribution in [-0.4, -0.2) is 65.1 Å². The monoisotopic (exact) mass is 415 g/mol. The molecule has 0 radical (unpaired) electrons. The largest absolute Gasteiger partial charge is 0.465 e. The fourth-order valence-electron chi connectivity index (χ4n) is 3.55. The fourth-order valence-corrected chi connectivity index (χ4v) is 3.55. The summed E-state index contributed by atoms with van der Waals surface area (Å²) in [7, 11) is 0. The predicted octanol–water partition coefficient (Wildman–Crippen LogP) is 0.894. The molecule has 1 aliphatic heterocycles. The Labute approximate surface area is 163 Å². The van der Waals surface area contributed by atoms with Crippen LogP contribution in [0.15, 0.2) is 12.3 Å². The Bertz CT molecular complexity index is 818. The minimum Gasteiger partial charge on any atom is -0.465 e. The van der Waals surface area contributed by atoms with Crippen LogP contribution < -0.4 is 16.0 Å². The van der Waals surface area contributed by atoms with E-state index in [0.29, 0.717) is 38.2 Å². The number of nitrogens with zero attached hydrogens (tertiary/aromatic N) is 3. The van der Waals surface area contributed by atoms with Gasteiger partial charge in [0.2, 0.25) is 5.91 Å². The van der Waals surface area contributed by atoms with Crippen molar-refractivity contribution in [1.82, 2.24) is 15.2 Å². The molecule has 1 aromatic heterocycles. The van der Waals surface area contributed by atoms with Crippen LogP contribution in [0.1, 0.15) is 28.8 Å². The van der Waals surface area contributed by atoms with Crippen molar-refractivity contribution >= 4 is 23.7 Å². The quantitative estimate of drug-likeness (QED) is 0.670. The summed E-state index contributed by atoms with van der Waals surface area (Å²) in [5.74, 6) is -1.28. The highest BCUT2D eigenvalue weighted by Crippen LogP contribution is 2.32. The van der Waals surface area contributed by atoms with E-state index in [-0.39, 0.29) is 42.3 Å². The van der Waals surface area contributed by atoms with Crippen LogP contribution in [0.3, 0.4) is 0 Å². The Hall–Kier alpha value is -3.05. The zero-order valence-electron chi connectivity index (χ0n) is 15.3. The van der Waals surface area contributed by atoms with Gasteiger partial charge in [-0.2, -0.15) is 13.2 Å². The molecule has 1 aliphatic carbocycles. The molecule has 0 spiro atoms. The van der Waals surface area contributed by atoms with Gasteiger partial charge >= 0.3 is 12.3 Å². The highest BCUT2D eigenvalue weighted by atomic mass is 19.4. The standard InChI is InChI=1S/C17H20F3N5O4/c18-17(19,20)10-7-12(13(21)26)14(22-8-10)24-1-3-25(4-2-24)15(27)9-5-11(6-9)23-16(28)29/h7-9,11,23H,1-6H2,(H2,21,26)(H,28,29). The fraction of sp³-hybridized carbons (Fsp3) is 0.529. The van der Waals surface area contributed by atoms with Gasteiger partial charge in [0.1, 0.15) is 5.82 Å². The lowest BCUT2D eigenvalue weighted by molar-refractivity contribution is -0.139. The summed E-state index contributed by atoms with van der Waals surface area (Å²) in [5, 5.41) is 11.0. The van der Waals surface area contributed by atoms with Crippen molar-refractivity contribution in [2.75, 3.05) is 31.1 Å². The average Bonchev–Trinajstić information content (AvgIpc) is 2.62. The summed E-state index contributed by atoms with van der Waals surface area (Å²) in [6.07, 6.45) is -4.22. The molecule has 158 valence electrons. The van der Waals surface area contributed by atoms with Crippen molar-refractivity contribution in [2.24, 2.45) is 11.7 Å². The molecule has 0 unspecified atom stereocenters. The first kappa shape index (κ1) is 20.7. The highest BCUT2D eigenvalue weighted by Gasteiger charge is 2.39. The number of pyridine rings is 1. The number of alkyl halides is 3. The van der Waals surface area contributed by atoms with Gasteiger partial charge < -0.3 is 26.0 Å². The maximum Gasteiger partial charge on any atom is 0.417 e. The van der Waals surface area contributed by atoms with E-state index in [1.54, 1.807) is 9.80 Å². The number of halogens is 3. The van der Waals surface area contributed by atoms with Crippen LogP contribution >= 0.6 is 0 Å². The number of carbonyl (C=O) groups excluding carboxylic acids is 2. The van der Waals surface area contributed by atoms with Gasteiger partial charge in [-0.3, -0.25) is 9.59 Å². The molecule has 2 aliphatic rings. The molecular formula is C17H20F3N5O4. The number of amides is 3. The third-order valence-electron chi connectivity index (χ3n) is 5.17. The minimum absolute atomic E-state index is 0.0620. The Balaban J connectivity index is 1.62. The first-order valence-corrected chi connectivity index (χ1v) is 8.96. The molecule has 4 N–H and O–H groups in total. The van der Waals surface area contributed by atoms with Gasteiger partial charge in [0.15, 0.2) is 0 Å². The molecular weight excluding hydrogens is 395 g/mol. The molecule has 1 saturated carbocycles. The number of hydrogen-bond acceptors (Lipinski definition) is 5. The van der Waals surface area contributed by atoms with Gasteiger partial charge in [-0.1, -0.05) is 0 Å². The Morgan fingerprint density at radius 2 is 1.79 bits per heavy atom. The first-order valence-electron chi connectivity index (χ1n) is 8.96. The Morgan fingerprint density at radius 1 is 1.17 bits per heavy atom. The van der Waals surface area contributed by atoms with E-state index in [2.05, 4.69) is 10.3 Å². The number of anilines is 1. The zero-order chi connectivity index (χ0) is 21.3. The van der Waals surface area contributed by atoms with Gasteiger partial charge in [-0.25, -0.2) is 9.78 Å². The number of carbonyl (C=O) groups is 3. The Kier molecular flexibility index (Phi) is 5.53. The molecule has 1 aromatic rings. The topological polar surface area (TPSA) is 129 Å². The van der Waals surface area contributed by atoms with Crippen LogP contribution in [0.25, 0.3) is 0 Å². The molecule has 0 atom stereocenters. The van der Waals surface area contributed by atoms with Crippen LogP contribution in [0.4, 0.5) is 23.8 Å². The van der Waals surface area contributed by atoms with Gasteiger partial charge in [0, 0.05) is 44.3 Å². The summed E-state index contributed by atoms with van der Waals surface area (Å²) in [5.41, 5.74) is 3.86. The van der Waals surface area contributed by atoms with Gasteiger partial charge in [0.25, 0.3) is 5.91 Å². The summed E-state index contributed by atoms with van der Waals surface area (Å²) in [4.78, 5) is 41.8.